The smallest absolute Gasteiger partial charge is 0.191 e. The largest absolute Gasteiger partial charge is 0.381 e. The summed E-state index contributed by atoms with van der Waals surface area (Å²) in [6.45, 7) is 3.96. The van der Waals surface area contributed by atoms with E-state index in [1.165, 1.54) is 4.88 Å². The number of aryl methyl sites for hydroxylation is 1. The Hall–Kier alpha value is -1.72. The van der Waals surface area contributed by atoms with Crippen molar-refractivity contribution in [3.8, 4) is 0 Å². The topological polar surface area (TPSA) is 42.4 Å². The molecule has 0 aromatic carbocycles. The number of aromatic nitrogens is 1. The van der Waals surface area contributed by atoms with Gasteiger partial charge in [0.2, 0.25) is 0 Å². The number of Topliss-reactive ketones (excluding diaryl/α,β-unsaturated/α-hetero) is 1. The molecule has 2 aromatic rings. The molecule has 0 aliphatic carbocycles. The molecule has 0 unspecified atom stereocenters. The van der Waals surface area contributed by atoms with Crippen LogP contribution in [-0.2, 0) is 4.74 Å². The van der Waals surface area contributed by atoms with Crippen molar-refractivity contribution in [2.75, 3.05) is 24.7 Å². The van der Waals surface area contributed by atoms with Crippen LogP contribution in [0.25, 0.3) is 0 Å². The van der Waals surface area contributed by atoms with Crippen molar-refractivity contribution in [3.05, 3.63) is 46.4 Å². The summed E-state index contributed by atoms with van der Waals surface area (Å²) in [5.74, 6) is 0.182. The van der Waals surface area contributed by atoms with Crippen molar-refractivity contribution >= 4 is 22.8 Å². The molecule has 0 saturated carbocycles. The van der Waals surface area contributed by atoms with Crippen LogP contribution in [-0.4, -0.2) is 36.6 Å². The van der Waals surface area contributed by atoms with Crippen molar-refractivity contribution in [3.63, 3.8) is 0 Å². The summed E-state index contributed by atoms with van der Waals surface area (Å²) < 4.78 is 5.46. The van der Waals surface area contributed by atoms with E-state index in [-0.39, 0.29) is 5.78 Å². The first kappa shape index (κ1) is 15.2. The molecule has 0 spiro atoms. The Morgan fingerprint density at radius 3 is 2.64 bits per heavy atom. The molecule has 0 N–H and O–H groups in total. The second-order valence-corrected chi connectivity index (χ2v) is 6.80. The summed E-state index contributed by atoms with van der Waals surface area (Å²) in [4.78, 5) is 20.9. The lowest BCUT2D eigenvalue weighted by molar-refractivity contribution is 0.0823. The molecule has 5 heteroatoms. The number of carbonyl (C=O) groups excluding carboxylic acids is 1. The molecule has 1 aliphatic rings. The molecule has 116 valence electrons. The van der Waals surface area contributed by atoms with Crippen molar-refractivity contribution in [1.29, 1.82) is 0 Å². The SMILES string of the molecule is Cc1ccc(C(=O)CN(c2ccncc2)C2CCOCC2)s1. The lowest BCUT2D eigenvalue weighted by Crippen LogP contribution is -2.42. The number of carbonyl (C=O) groups is 1. The van der Waals surface area contributed by atoms with Gasteiger partial charge in [-0.2, -0.15) is 0 Å². The Balaban J connectivity index is 1.80. The van der Waals surface area contributed by atoms with Gasteiger partial charge in [-0.1, -0.05) is 0 Å². The Morgan fingerprint density at radius 1 is 1.27 bits per heavy atom. The number of anilines is 1. The standard InChI is InChI=1S/C17H20N2O2S/c1-13-2-3-17(22-13)16(20)12-19(14-4-8-18-9-5-14)15-6-10-21-11-7-15/h2-5,8-9,15H,6-7,10-12H2,1H3. The fourth-order valence-electron chi connectivity index (χ4n) is 2.78. The molecule has 0 amide bonds. The number of thiophene rings is 1. The monoisotopic (exact) mass is 316 g/mol. The normalized spacial score (nSPS) is 15.7. The quantitative estimate of drug-likeness (QED) is 0.794. The molecule has 22 heavy (non-hydrogen) atoms. The van der Waals surface area contributed by atoms with E-state index < -0.39 is 0 Å². The molecular formula is C17H20N2O2S. The highest BCUT2D eigenvalue weighted by Gasteiger charge is 2.24. The Kier molecular flexibility index (Phi) is 4.85. The molecule has 2 aromatic heterocycles. The summed E-state index contributed by atoms with van der Waals surface area (Å²) in [5, 5.41) is 0. The lowest BCUT2D eigenvalue weighted by Gasteiger charge is -2.35. The Morgan fingerprint density at radius 2 is 2.00 bits per heavy atom. The highest BCUT2D eigenvalue weighted by Crippen LogP contribution is 2.24. The number of rotatable bonds is 5. The third-order valence-corrected chi connectivity index (χ3v) is 5.00. The van der Waals surface area contributed by atoms with Gasteiger partial charge in [0, 0.05) is 42.2 Å². The van der Waals surface area contributed by atoms with E-state index in [0.29, 0.717) is 12.6 Å². The second kappa shape index (κ2) is 7.03. The van der Waals surface area contributed by atoms with E-state index in [0.717, 1.165) is 36.6 Å². The molecule has 1 saturated heterocycles. The average molecular weight is 316 g/mol. The van der Waals surface area contributed by atoms with Crippen molar-refractivity contribution in [1.82, 2.24) is 4.98 Å². The molecule has 0 bridgehead atoms. The van der Waals surface area contributed by atoms with Crippen LogP contribution in [0.15, 0.2) is 36.7 Å². The van der Waals surface area contributed by atoms with Crippen LogP contribution in [0.1, 0.15) is 27.4 Å². The van der Waals surface area contributed by atoms with Gasteiger partial charge >= 0.3 is 0 Å². The highest BCUT2D eigenvalue weighted by molar-refractivity contribution is 7.14. The average Bonchev–Trinajstić information content (AvgIpc) is 3.01. The number of hydrogen-bond acceptors (Lipinski definition) is 5. The fourth-order valence-corrected chi connectivity index (χ4v) is 3.58. The van der Waals surface area contributed by atoms with E-state index in [1.54, 1.807) is 23.7 Å². The molecular weight excluding hydrogens is 296 g/mol. The zero-order chi connectivity index (χ0) is 15.4. The van der Waals surface area contributed by atoms with Crippen molar-refractivity contribution in [2.24, 2.45) is 0 Å². The maximum absolute atomic E-state index is 12.6. The van der Waals surface area contributed by atoms with Gasteiger partial charge in [-0.05, 0) is 44.0 Å². The van der Waals surface area contributed by atoms with E-state index in [9.17, 15) is 4.79 Å². The van der Waals surface area contributed by atoms with Gasteiger partial charge in [0.1, 0.15) is 0 Å². The molecule has 3 rings (SSSR count). The minimum Gasteiger partial charge on any atom is -0.381 e. The molecule has 1 fully saturated rings. The van der Waals surface area contributed by atoms with Gasteiger partial charge in [-0.15, -0.1) is 11.3 Å². The number of pyridine rings is 1. The van der Waals surface area contributed by atoms with E-state index in [1.807, 2.05) is 31.2 Å². The number of nitrogens with zero attached hydrogens (tertiary/aromatic N) is 2. The van der Waals surface area contributed by atoms with E-state index >= 15 is 0 Å². The summed E-state index contributed by atoms with van der Waals surface area (Å²) in [6.07, 6.45) is 5.47. The second-order valence-electron chi connectivity index (χ2n) is 5.51. The van der Waals surface area contributed by atoms with Gasteiger partial charge in [-0.25, -0.2) is 0 Å². The molecule has 4 nitrogen and oxygen atoms in total. The van der Waals surface area contributed by atoms with Crippen LogP contribution < -0.4 is 4.90 Å². The third-order valence-electron chi connectivity index (χ3n) is 3.96. The number of ketones is 1. The predicted molar refractivity (Wildman–Crippen MR) is 88.8 cm³/mol. The van der Waals surface area contributed by atoms with Crippen LogP contribution in [0, 0.1) is 6.92 Å². The van der Waals surface area contributed by atoms with Crippen LogP contribution in [0.5, 0.6) is 0 Å². The zero-order valence-electron chi connectivity index (χ0n) is 12.7. The first-order chi connectivity index (χ1) is 10.7. The number of hydrogen-bond donors (Lipinski definition) is 0. The number of ether oxygens (including phenoxy) is 1. The van der Waals surface area contributed by atoms with Gasteiger partial charge in [0.15, 0.2) is 5.78 Å². The summed E-state index contributed by atoms with van der Waals surface area (Å²) in [5.41, 5.74) is 1.06. The van der Waals surface area contributed by atoms with Crippen LogP contribution in [0.3, 0.4) is 0 Å². The van der Waals surface area contributed by atoms with Gasteiger partial charge in [0.25, 0.3) is 0 Å². The first-order valence-corrected chi connectivity index (χ1v) is 8.40. The summed E-state index contributed by atoms with van der Waals surface area (Å²) in [6, 6.07) is 8.23. The Bertz CT molecular complexity index is 621. The zero-order valence-corrected chi connectivity index (χ0v) is 13.5. The maximum atomic E-state index is 12.6. The van der Waals surface area contributed by atoms with E-state index in [2.05, 4.69) is 9.88 Å². The maximum Gasteiger partial charge on any atom is 0.191 e. The van der Waals surface area contributed by atoms with Crippen LogP contribution >= 0.6 is 11.3 Å². The molecule has 1 aliphatic heterocycles. The van der Waals surface area contributed by atoms with Gasteiger partial charge in [0.05, 0.1) is 11.4 Å². The van der Waals surface area contributed by atoms with Crippen LogP contribution in [0.2, 0.25) is 0 Å². The van der Waals surface area contributed by atoms with Gasteiger partial charge < -0.3 is 9.64 Å². The minimum absolute atomic E-state index is 0.182. The Labute approximate surface area is 134 Å². The first-order valence-electron chi connectivity index (χ1n) is 7.58. The molecule has 0 radical (unpaired) electrons. The molecule has 3 heterocycles. The van der Waals surface area contributed by atoms with E-state index in [4.69, 9.17) is 4.74 Å². The predicted octanol–water partition coefficient (Wildman–Crippen LogP) is 3.32. The summed E-state index contributed by atoms with van der Waals surface area (Å²) >= 11 is 1.57. The molecule has 0 atom stereocenters. The summed E-state index contributed by atoms with van der Waals surface area (Å²) in [7, 11) is 0. The third kappa shape index (κ3) is 3.54. The van der Waals surface area contributed by atoms with Gasteiger partial charge in [-0.3, -0.25) is 9.78 Å². The van der Waals surface area contributed by atoms with Crippen molar-refractivity contribution in [2.45, 2.75) is 25.8 Å². The lowest BCUT2D eigenvalue weighted by atomic mass is 10.1. The highest BCUT2D eigenvalue weighted by atomic mass is 32.1. The van der Waals surface area contributed by atoms with Crippen molar-refractivity contribution < 1.29 is 9.53 Å². The fraction of sp³-hybridized carbons (Fsp3) is 0.412. The minimum atomic E-state index is 0.182. The van der Waals surface area contributed by atoms with Crippen LogP contribution in [0.4, 0.5) is 5.69 Å².